The number of methoxy groups -OCH3 is 1. The van der Waals surface area contributed by atoms with E-state index in [9.17, 15) is 14.0 Å². The van der Waals surface area contributed by atoms with Crippen molar-refractivity contribution < 1.29 is 23.5 Å². The molecule has 0 bridgehead atoms. The predicted molar refractivity (Wildman–Crippen MR) is 147 cm³/mol. The van der Waals surface area contributed by atoms with Crippen molar-refractivity contribution in [2.75, 3.05) is 12.4 Å². The Hall–Kier alpha value is -5.24. The molecule has 0 spiro atoms. The Morgan fingerprint density at radius 2 is 1.51 bits per heavy atom. The first-order chi connectivity index (χ1) is 18.9. The number of anilines is 1. The number of benzene rings is 4. The fraction of sp³-hybridized carbons (Fsp3) is 0.0645. The Balaban J connectivity index is 1.58. The first kappa shape index (κ1) is 25.4. The SMILES string of the molecule is COc1ccc(C(=O)Nc2ccc(-c3c(-c4ccccc4F)nn(-c4ccccc4)c3OC(C)=O)cc2)cc1. The van der Waals surface area contributed by atoms with Crippen LogP contribution in [0.5, 0.6) is 11.6 Å². The van der Waals surface area contributed by atoms with Gasteiger partial charge in [-0.15, -0.1) is 0 Å². The maximum Gasteiger partial charge on any atom is 0.309 e. The van der Waals surface area contributed by atoms with Gasteiger partial charge < -0.3 is 14.8 Å². The van der Waals surface area contributed by atoms with Gasteiger partial charge in [-0.25, -0.2) is 4.39 Å². The molecule has 1 amide bonds. The molecular weight excluding hydrogens is 497 g/mol. The molecule has 5 rings (SSSR count). The maximum atomic E-state index is 15.0. The van der Waals surface area contributed by atoms with E-state index in [0.29, 0.717) is 39.5 Å². The molecule has 0 aliphatic rings. The Morgan fingerprint density at radius 3 is 2.15 bits per heavy atom. The first-order valence-corrected chi connectivity index (χ1v) is 12.1. The molecule has 7 nitrogen and oxygen atoms in total. The number of nitrogens with one attached hydrogen (secondary N) is 1. The average Bonchev–Trinajstić information content (AvgIpc) is 3.32. The highest BCUT2D eigenvalue weighted by Gasteiger charge is 2.26. The van der Waals surface area contributed by atoms with Gasteiger partial charge in [-0.2, -0.15) is 9.78 Å². The first-order valence-electron chi connectivity index (χ1n) is 12.1. The van der Waals surface area contributed by atoms with Gasteiger partial charge in [0.05, 0.1) is 18.4 Å². The second-order valence-corrected chi connectivity index (χ2v) is 8.61. The third-order valence-corrected chi connectivity index (χ3v) is 6.00. The Bertz CT molecular complexity index is 1630. The van der Waals surface area contributed by atoms with Crippen LogP contribution in [0.3, 0.4) is 0 Å². The Kier molecular flexibility index (Phi) is 7.18. The number of rotatable bonds is 7. The molecule has 0 fully saturated rings. The summed E-state index contributed by atoms with van der Waals surface area (Å²) in [5.74, 6) is -0.482. The summed E-state index contributed by atoms with van der Waals surface area (Å²) >= 11 is 0. The lowest BCUT2D eigenvalue weighted by Gasteiger charge is -2.11. The van der Waals surface area contributed by atoms with Gasteiger partial charge in [0, 0.05) is 23.7 Å². The number of hydrogen-bond donors (Lipinski definition) is 1. The maximum absolute atomic E-state index is 15.0. The van der Waals surface area contributed by atoms with Crippen LogP contribution in [-0.2, 0) is 4.79 Å². The summed E-state index contributed by atoms with van der Waals surface area (Å²) in [6.45, 7) is 1.30. The number of esters is 1. The molecule has 0 saturated heterocycles. The molecule has 4 aromatic carbocycles. The van der Waals surface area contributed by atoms with Crippen molar-refractivity contribution in [2.24, 2.45) is 0 Å². The smallest absolute Gasteiger partial charge is 0.309 e. The summed E-state index contributed by atoms with van der Waals surface area (Å²) < 4.78 is 27.3. The van der Waals surface area contributed by atoms with Crippen molar-refractivity contribution in [3.8, 4) is 39.7 Å². The number of carbonyl (C=O) groups excluding carboxylic acids is 2. The lowest BCUT2D eigenvalue weighted by atomic mass is 10.0. The fourth-order valence-electron chi connectivity index (χ4n) is 4.15. The zero-order chi connectivity index (χ0) is 27.4. The lowest BCUT2D eigenvalue weighted by Crippen LogP contribution is -2.11. The molecule has 0 saturated carbocycles. The van der Waals surface area contributed by atoms with Crippen LogP contribution < -0.4 is 14.8 Å². The highest BCUT2D eigenvalue weighted by Crippen LogP contribution is 2.41. The predicted octanol–water partition coefficient (Wildman–Crippen LogP) is 6.53. The molecule has 0 radical (unpaired) electrons. The molecule has 1 heterocycles. The highest BCUT2D eigenvalue weighted by atomic mass is 19.1. The molecule has 0 aliphatic heterocycles. The molecule has 0 atom stereocenters. The number of aromatic nitrogens is 2. The number of ether oxygens (including phenoxy) is 2. The van der Waals surface area contributed by atoms with E-state index in [0.717, 1.165) is 0 Å². The van der Waals surface area contributed by atoms with Crippen LogP contribution in [-0.4, -0.2) is 28.8 Å². The van der Waals surface area contributed by atoms with Gasteiger partial charge in [-0.05, 0) is 66.2 Å². The third kappa shape index (κ3) is 5.40. The van der Waals surface area contributed by atoms with Crippen molar-refractivity contribution >= 4 is 17.6 Å². The zero-order valence-corrected chi connectivity index (χ0v) is 21.2. The van der Waals surface area contributed by atoms with Gasteiger partial charge >= 0.3 is 5.97 Å². The highest BCUT2D eigenvalue weighted by molar-refractivity contribution is 6.04. The normalized spacial score (nSPS) is 10.6. The molecule has 1 N–H and O–H groups in total. The number of nitrogens with zero attached hydrogens (tertiary/aromatic N) is 2. The number of carbonyl (C=O) groups is 2. The van der Waals surface area contributed by atoms with Crippen LogP contribution >= 0.6 is 0 Å². The van der Waals surface area contributed by atoms with E-state index in [1.165, 1.54) is 17.7 Å². The van der Waals surface area contributed by atoms with E-state index < -0.39 is 11.8 Å². The number of hydrogen-bond acceptors (Lipinski definition) is 5. The van der Waals surface area contributed by atoms with Gasteiger partial charge in [0.15, 0.2) is 0 Å². The van der Waals surface area contributed by atoms with Crippen LogP contribution in [0, 0.1) is 5.82 Å². The largest absolute Gasteiger partial charge is 0.497 e. The van der Waals surface area contributed by atoms with E-state index in [4.69, 9.17) is 9.47 Å². The van der Waals surface area contributed by atoms with Crippen molar-refractivity contribution in [2.45, 2.75) is 6.92 Å². The molecule has 5 aromatic rings. The molecule has 8 heteroatoms. The van der Waals surface area contributed by atoms with Gasteiger partial charge in [-0.3, -0.25) is 9.59 Å². The van der Waals surface area contributed by atoms with Crippen molar-refractivity contribution in [3.05, 3.63) is 115 Å². The Morgan fingerprint density at radius 1 is 0.846 bits per heavy atom. The number of amides is 1. The third-order valence-electron chi connectivity index (χ3n) is 6.00. The van der Waals surface area contributed by atoms with E-state index in [2.05, 4.69) is 10.4 Å². The van der Waals surface area contributed by atoms with Crippen molar-refractivity contribution in [1.29, 1.82) is 0 Å². The summed E-state index contributed by atoms with van der Waals surface area (Å²) in [7, 11) is 1.56. The fourth-order valence-corrected chi connectivity index (χ4v) is 4.15. The van der Waals surface area contributed by atoms with E-state index in [1.54, 1.807) is 73.8 Å². The van der Waals surface area contributed by atoms with Gasteiger partial charge in [0.25, 0.3) is 5.91 Å². The molecular formula is C31H24FN3O4. The van der Waals surface area contributed by atoms with Crippen LogP contribution in [0.1, 0.15) is 17.3 Å². The molecule has 1 aromatic heterocycles. The summed E-state index contributed by atoms with van der Waals surface area (Å²) in [4.78, 5) is 24.9. The molecule has 194 valence electrons. The van der Waals surface area contributed by atoms with E-state index in [1.807, 2.05) is 30.3 Å². The van der Waals surface area contributed by atoms with E-state index in [-0.39, 0.29) is 17.4 Å². The minimum Gasteiger partial charge on any atom is -0.497 e. The standard InChI is InChI=1S/C31H24FN3O4/c1-20(36)39-31-28(21-12-16-23(17-13-21)33-30(37)22-14-18-25(38-2)19-15-22)29(26-10-6-7-11-27(26)32)34-35(31)24-8-4-3-5-9-24/h3-19H,1-2H3,(H,33,37). The summed E-state index contributed by atoms with van der Waals surface area (Å²) in [6, 6.07) is 29.2. The number of halogens is 1. The second-order valence-electron chi connectivity index (χ2n) is 8.61. The van der Waals surface area contributed by atoms with Gasteiger partial charge in [0.2, 0.25) is 5.88 Å². The second kappa shape index (κ2) is 11.0. The summed E-state index contributed by atoms with van der Waals surface area (Å²) in [5.41, 5.74) is 3.29. The van der Waals surface area contributed by atoms with Crippen LogP contribution in [0.4, 0.5) is 10.1 Å². The van der Waals surface area contributed by atoms with Crippen LogP contribution in [0.15, 0.2) is 103 Å². The average molecular weight is 522 g/mol. The van der Waals surface area contributed by atoms with E-state index >= 15 is 0 Å². The lowest BCUT2D eigenvalue weighted by molar-refractivity contribution is -0.132. The quantitative estimate of drug-likeness (QED) is 0.246. The monoisotopic (exact) mass is 521 g/mol. The van der Waals surface area contributed by atoms with Crippen LogP contribution in [0.2, 0.25) is 0 Å². The minimum absolute atomic E-state index is 0.155. The molecule has 39 heavy (non-hydrogen) atoms. The number of para-hydroxylation sites is 1. The van der Waals surface area contributed by atoms with Crippen molar-refractivity contribution in [1.82, 2.24) is 9.78 Å². The molecule has 0 aliphatic carbocycles. The van der Waals surface area contributed by atoms with Gasteiger partial charge in [0.1, 0.15) is 17.3 Å². The minimum atomic E-state index is -0.545. The summed E-state index contributed by atoms with van der Waals surface area (Å²) in [5, 5.41) is 7.55. The Labute approximate surface area is 224 Å². The topological polar surface area (TPSA) is 82.4 Å². The van der Waals surface area contributed by atoms with Crippen molar-refractivity contribution in [3.63, 3.8) is 0 Å². The molecule has 0 unspecified atom stereocenters. The van der Waals surface area contributed by atoms with Gasteiger partial charge in [-0.1, -0.05) is 42.5 Å². The van der Waals surface area contributed by atoms with Crippen LogP contribution in [0.25, 0.3) is 28.1 Å². The zero-order valence-electron chi connectivity index (χ0n) is 21.2. The summed E-state index contributed by atoms with van der Waals surface area (Å²) in [6.07, 6.45) is 0.